The second-order valence-electron chi connectivity index (χ2n) is 5.83. The second kappa shape index (κ2) is 5.07. The zero-order valence-corrected chi connectivity index (χ0v) is 13.5. The fraction of sp³-hybridized carbons (Fsp3) is 0.167. The lowest BCUT2D eigenvalue weighted by Crippen LogP contribution is -2.30. The molecule has 2 aliphatic rings. The van der Waals surface area contributed by atoms with Crippen molar-refractivity contribution in [1.29, 1.82) is 0 Å². The minimum Gasteiger partial charge on any atom is -0.410 e. The number of rotatable bonds is 1. The van der Waals surface area contributed by atoms with E-state index < -0.39 is 16.3 Å². The molecule has 25 heavy (non-hydrogen) atoms. The summed E-state index contributed by atoms with van der Waals surface area (Å²) in [6.45, 7) is 4.01. The van der Waals surface area contributed by atoms with Gasteiger partial charge in [0, 0.05) is 17.3 Å². The average molecular weight is 335 g/mol. The van der Waals surface area contributed by atoms with E-state index in [0.717, 1.165) is 0 Å². The summed E-state index contributed by atoms with van der Waals surface area (Å²) in [5, 5.41) is 12.5. The summed E-state index contributed by atoms with van der Waals surface area (Å²) in [6.07, 6.45) is 0. The SMILES string of the molecule is CCn1c(C)nc2/c(=N/O)c3c(=O)c4ccccc4c(=O)c=3c(=O)c21. The number of benzene rings is 1. The van der Waals surface area contributed by atoms with Gasteiger partial charge in [0.15, 0.2) is 10.9 Å². The molecule has 7 heteroatoms. The van der Waals surface area contributed by atoms with Crippen LogP contribution in [0.3, 0.4) is 0 Å². The third-order valence-electron chi connectivity index (χ3n) is 4.60. The van der Waals surface area contributed by atoms with Gasteiger partial charge in [0.25, 0.3) is 0 Å². The first kappa shape index (κ1) is 15.2. The Hall–Kier alpha value is -3.35. The lowest BCUT2D eigenvalue weighted by molar-refractivity contribution is 0.302. The predicted octanol–water partition coefficient (Wildman–Crippen LogP) is 0.489. The summed E-state index contributed by atoms with van der Waals surface area (Å²) in [5.74, 6) is 0.541. The molecule has 0 radical (unpaired) electrons. The number of aromatic nitrogens is 2. The third kappa shape index (κ3) is 1.77. The Bertz CT molecular complexity index is 1460. The standard InChI is InChI=1S/C18H13N3O4/c1-3-21-8(2)19-14-13(20-25)11-12(18(24)15(14)21)17(23)10-7-5-4-6-9(10)16(11)22/h4-7,25H,3H2,1-2H3/b20-13+. The van der Waals surface area contributed by atoms with Gasteiger partial charge in [0.2, 0.25) is 5.43 Å². The predicted molar refractivity (Wildman–Crippen MR) is 91.5 cm³/mol. The van der Waals surface area contributed by atoms with Crippen molar-refractivity contribution in [2.45, 2.75) is 20.4 Å². The Morgan fingerprint density at radius 2 is 1.64 bits per heavy atom. The Morgan fingerprint density at radius 3 is 2.20 bits per heavy atom. The van der Waals surface area contributed by atoms with Gasteiger partial charge in [-0.3, -0.25) is 14.4 Å². The van der Waals surface area contributed by atoms with Crippen LogP contribution in [0.25, 0.3) is 21.8 Å². The molecule has 0 saturated heterocycles. The van der Waals surface area contributed by atoms with E-state index in [1.54, 1.807) is 23.6 Å². The molecule has 0 fully saturated rings. The van der Waals surface area contributed by atoms with Crippen LogP contribution in [0.5, 0.6) is 0 Å². The van der Waals surface area contributed by atoms with Crippen LogP contribution in [0.2, 0.25) is 0 Å². The summed E-state index contributed by atoms with van der Waals surface area (Å²) in [7, 11) is 0. The highest BCUT2D eigenvalue weighted by atomic mass is 16.4. The van der Waals surface area contributed by atoms with Crippen LogP contribution in [0.15, 0.2) is 43.8 Å². The first-order valence-corrected chi connectivity index (χ1v) is 7.78. The normalized spacial score (nSPS) is 12.6. The molecule has 124 valence electrons. The van der Waals surface area contributed by atoms with Crippen molar-refractivity contribution in [3.05, 3.63) is 76.6 Å². The number of nitrogens with zero attached hydrogens (tertiary/aromatic N) is 3. The van der Waals surface area contributed by atoms with Crippen molar-refractivity contribution in [2.75, 3.05) is 0 Å². The monoisotopic (exact) mass is 335 g/mol. The molecule has 0 saturated carbocycles. The zero-order chi connectivity index (χ0) is 17.9. The van der Waals surface area contributed by atoms with Gasteiger partial charge in [-0.25, -0.2) is 4.98 Å². The maximum absolute atomic E-state index is 13.0. The van der Waals surface area contributed by atoms with E-state index in [1.807, 2.05) is 6.92 Å². The molecule has 2 aliphatic carbocycles. The van der Waals surface area contributed by atoms with Crippen molar-refractivity contribution in [3.8, 4) is 0 Å². The highest BCUT2D eigenvalue weighted by molar-refractivity contribution is 5.84. The summed E-state index contributed by atoms with van der Waals surface area (Å²) in [6, 6.07) is 6.30. The van der Waals surface area contributed by atoms with E-state index in [4.69, 9.17) is 0 Å². The number of hydrogen-bond acceptors (Lipinski definition) is 6. The highest BCUT2D eigenvalue weighted by Gasteiger charge is 2.20. The topological polar surface area (TPSA) is 102 Å². The Kier molecular flexibility index (Phi) is 3.08. The van der Waals surface area contributed by atoms with Crippen LogP contribution in [-0.2, 0) is 6.54 Å². The van der Waals surface area contributed by atoms with Crippen LogP contribution in [-0.4, -0.2) is 14.8 Å². The molecular formula is C18H13N3O4. The molecule has 1 N–H and O–H groups in total. The number of imidazole rings is 1. The molecule has 0 aliphatic heterocycles. The van der Waals surface area contributed by atoms with Crippen LogP contribution in [0, 0.1) is 17.4 Å². The maximum Gasteiger partial charge on any atom is 0.216 e. The Balaban J connectivity index is 2.59. The van der Waals surface area contributed by atoms with Crippen molar-refractivity contribution in [3.63, 3.8) is 0 Å². The minimum absolute atomic E-state index is 0.131. The van der Waals surface area contributed by atoms with Gasteiger partial charge in [-0.1, -0.05) is 29.4 Å². The van der Waals surface area contributed by atoms with E-state index in [9.17, 15) is 19.6 Å². The molecule has 7 nitrogen and oxygen atoms in total. The number of fused-ring (bicyclic) bond motifs is 2. The lowest BCUT2D eigenvalue weighted by Gasteiger charge is -2.02. The quantitative estimate of drug-likeness (QED) is 0.403. The number of hydrogen-bond donors (Lipinski definition) is 1. The Morgan fingerprint density at radius 1 is 1.04 bits per heavy atom. The van der Waals surface area contributed by atoms with Crippen molar-refractivity contribution < 1.29 is 5.21 Å². The molecule has 0 atom stereocenters. The first-order chi connectivity index (χ1) is 12.0. The van der Waals surface area contributed by atoms with Gasteiger partial charge in [-0.2, -0.15) is 0 Å². The summed E-state index contributed by atoms with van der Waals surface area (Å²) >= 11 is 0. The highest BCUT2D eigenvalue weighted by Crippen LogP contribution is 2.10. The van der Waals surface area contributed by atoms with Crippen LogP contribution < -0.4 is 21.6 Å². The molecule has 0 amide bonds. The van der Waals surface area contributed by atoms with Gasteiger partial charge >= 0.3 is 0 Å². The van der Waals surface area contributed by atoms with E-state index in [0.29, 0.717) is 12.4 Å². The molecular weight excluding hydrogens is 322 g/mol. The van der Waals surface area contributed by atoms with Crippen molar-refractivity contribution >= 4 is 21.8 Å². The van der Waals surface area contributed by atoms with Gasteiger partial charge in [-0.15, -0.1) is 0 Å². The molecule has 1 aromatic heterocycles. The molecule has 1 aromatic carbocycles. The fourth-order valence-corrected chi connectivity index (χ4v) is 3.50. The molecule has 1 heterocycles. The van der Waals surface area contributed by atoms with Crippen molar-refractivity contribution in [1.82, 2.24) is 9.55 Å². The molecule has 0 spiro atoms. The van der Waals surface area contributed by atoms with E-state index in [1.165, 1.54) is 12.1 Å². The zero-order valence-electron chi connectivity index (χ0n) is 13.5. The fourth-order valence-electron chi connectivity index (χ4n) is 3.50. The third-order valence-corrected chi connectivity index (χ3v) is 4.60. The largest absolute Gasteiger partial charge is 0.410 e. The minimum atomic E-state index is -0.562. The maximum atomic E-state index is 13.0. The molecule has 4 rings (SSSR count). The Labute approximate surface area is 139 Å². The van der Waals surface area contributed by atoms with E-state index in [-0.39, 0.29) is 37.6 Å². The average Bonchev–Trinajstić information content (AvgIpc) is 2.96. The molecule has 2 aromatic rings. The van der Waals surface area contributed by atoms with Crippen LogP contribution in [0.4, 0.5) is 0 Å². The summed E-state index contributed by atoms with van der Waals surface area (Å²) in [5.41, 5.74) is -1.31. The second-order valence-corrected chi connectivity index (χ2v) is 5.83. The molecule has 0 bridgehead atoms. The van der Waals surface area contributed by atoms with E-state index in [2.05, 4.69) is 10.1 Å². The first-order valence-electron chi connectivity index (χ1n) is 7.78. The lowest BCUT2D eigenvalue weighted by atomic mass is 10.0. The summed E-state index contributed by atoms with van der Waals surface area (Å²) in [4.78, 5) is 43.1. The van der Waals surface area contributed by atoms with Gasteiger partial charge in [-0.05, 0) is 13.8 Å². The number of aryl methyl sites for hydroxylation is 2. The smallest absolute Gasteiger partial charge is 0.216 e. The van der Waals surface area contributed by atoms with Crippen LogP contribution in [0.1, 0.15) is 12.7 Å². The summed E-state index contributed by atoms with van der Waals surface area (Å²) < 4.78 is 1.64. The van der Waals surface area contributed by atoms with Gasteiger partial charge < -0.3 is 9.77 Å². The van der Waals surface area contributed by atoms with Crippen LogP contribution >= 0.6 is 0 Å². The van der Waals surface area contributed by atoms with E-state index >= 15 is 0 Å². The van der Waals surface area contributed by atoms with Gasteiger partial charge in [0.05, 0.1) is 10.4 Å². The van der Waals surface area contributed by atoms with Gasteiger partial charge in [0.1, 0.15) is 22.2 Å². The molecule has 0 unspecified atom stereocenters. The van der Waals surface area contributed by atoms with Crippen molar-refractivity contribution in [2.24, 2.45) is 5.16 Å².